The van der Waals surface area contributed by atoms with Gasteiger partial charge in [0.15, 0.2) is 28.8 Å². The maximum Gasteiger partial charge on any atom is 0.419 e. The third-order valence-corrected chi connectivity index (χ3v) is 6.65. The van der Waals surface area contributed by atoms with Crippen molar-refractivity contribution in [1.82, 2.24) is 24.9 Å². The number of carbonyl (C=O) groups excluding carboxylic acids is 1. The Kier molecular flexibility index (Phi) is 8.34. The van der Waals surface area contributed by atoms with E-state index in [1.165, 1.54) is 23.9 Å². The second-order valence-electron chi connectivity index (χ2n) is 9.64. The predicted octanol–water partition coefficient (Wildman–Crippen LogP) is 5.85. The molecule has 0 bridgehead atoms. The summed E-state index contributed by atoms with van der Waals surface area (Å²) in [6.45, 7) is 2.10. The molecule has 1 amide bonds. The SMILES string of the molecule is COc1cc(-c2ccc3nc(C)c(-c4cnc(N)c(C(F)(F)F)c4)n3n2)ccc1OCCCNC(=O)c1ccc(F)c(F)c1. The number of hydrogen-bond donors (Lipinski definition) is 2. The minimum atomic E-state index is -4.68. The molecular formula is C30H25F5N6O3. The summed E-state index contributed by atoms with van der Waals surface area (Å²) >= 11 is 0. The number of amides is 1. The molecule has 44 heavy (non-hydrogen) atoms. The average molecular weight is 613 g/mol. The van der Waals surface area contributed by atoms with E-state index >= 15 is 0 Å². The number of nitrogen functional groups attached to an aromatic ring is 1. The summed E-state index contributed by atoms with van der Waals surface area (Å²) in [5.41, 5.74) is 6.93. The molecule has 0 aliphatic heterocycles. The van der Waals surface area contributed by atoms with Crippen molar-refractivity contribution in [2.45, 2.75) is 19.5 Å². The molecule has 0 aliphatic rings. The standard InChI is InChI=1S/C30H25F5N6O3/c1-16-27(19-12-20(30(33,34)35)28(36)38-15-19)41-26(39-16)9-7-23(40-41)17-5-8-24(25(14-17)43-2)44-11-3-10-37-29(42)18-4-6-21(31)22(32)13-18/h4-9,12-15H,3,10-11H2,1-2H3,(H2,36,38)(H,37,42). The topological polar surface area (TPSA) is 117 Å². The number of benzene rings is 2. The fourth-order valence-electron chi connectivity index (χ4n) is 4.50. The number of imidazole rings is 1. The van der Waals surface area contributed by atoms with Gasteiger partial charge in [-0.25, -0.2) is 23.3 Å². The second kappa shape index (κ2) is 12.1. The molecule has 0 fully saturated rings. The molecule has 0 saturated heterocycles. The van der Waals surface area contributed by atoms with Crippen molar-refractivity contribution < 1.29 is 36.2 Å². The minimum absolute atomic E-state index is 0.00281. The highest BCUT2D eigenvalue weighted by molar-refractivity contribution is 5.94. The molecule has 5 aromatic rings. The number of nitrogens with one attached hydrogen (secondary N) is 1. The zero-order chi connectivity index (χ0) is 31.6. The van der Waals surface area contributed by atoms with Crippen LogP contribution in [0.1, 0.15) is 28.0 Å². The van der Waals surface area contributed by atoms with E-state index in [2.05, 4.69) is 20.4 Å². The molecule has 2 aromatic carbocycles. The molecule has 3 N–H and O–H groups in total. The number of fused-ring (bicyclic) bond motifs is 1. The molecule has 0 atom stereocenters. The fraction of sp³-hybridized carbons (Fsp3) is 0.200. The Balaban J connectivity index is 1.30. The highest BCUT2D eigenvalue weighted by atomic mass is 19.4. The van der Waals surface area contributed by atoms with E-state index in [1.54, 1.807) is 37.3 Å². The molecular weight excluding hydrogens is 587 g/mol. The van der Waals surface area contributed by atoms with Crippen LogP contribution < -0.4 is 20.5 Å². The molecule has 0 spiro atoms. The number of pyridine rings is 1. The lowest BCUT2D eigenvalue weighted by Crippen LogP contribution is -2.25. The van der Waals surface area contributed by atoms with Crippen LogP contribution in [0.25, 0.3) is 28.2 Å². The van der Waals surface area contributed by atoms with Crippen LogP contribution in [0.2, 0.25) is 0 Å². The average Bonchev–Trinajstić information content (AvgIpc) is 3.32. The molecule has 14 heteroatoms. The third kappa shape index (κ3) is 6.23. The predicted molar refractivity (Wildman–Crippen MR) is 151 cm³/mol. The summed E-state index contributed by atoms with van der Waals surface area (Å²) in [4.78, 5) is 20.3. The van der Waals surface area contributed by atoms with Crippen molar-refractivity contribution in [3.8, 4) is 34.0 Å². The summed E-state index contributed by atoms with van der Waals surface area (Å²) in [5.74, 6) is -2.48. The Morgan fingerprint density at radius 1 is 1.00 bits per heavy atom. The first-order chi connectivity index (χ1) is 21.0. The number of nitrogens with two attached hydrogens (primary N) is 1. The number of aromatic nitrogens is 4. The summed E-state index contributed by atoms with van der Waals surface area (Å²) in [6.07, 6.45) is -3.02. The molecule has 228 valence electrons. The molecule has 0 saturated carbocycles. The Morgan fingerprint density at radius 3 is 2.52 bits per heavy atom. The van der Waals surface area contributed by atoms with Gasteiger partial charge in [-0.3, -0.25) is 4.79 Å². The normalized spacial score (nSPS) is 11.5. The Hall–Kier alpha value is -5.27. The first-order valence-electron chi connectivity index (χ1n) is 13.2. The van der Waals surface area contributed by atoms with Gasteiger partial charge >= 0.3 is 6.18 Å². The van der Waals surface area contributed by atoms with Crippen molar-refractivity contribution in [1.29, 1.82) is 0 Å². The highest BCUT2D eigenvalue weighted by Gasteiger charge is 2.34. The second-order valence-corrected chi connectivity index (χ2v) is 9.64. The zero-order valence-corrected chi connectivity index (χ0v) is 23.4. The van der Waals surface area contributed by atoms with Crippen molar-refractivity contribution in [3.05, 3.63) is 89.2 Å². The summed E-state index contributed by atoms with van der Waals surface area (Å²) in [7, 11) is 1.47. The van der Waals surface area contributed by atoms with Crippen molar-refractivity contribution >= 4 is 17.4 Å². The minimum Gasteiger partial charge on any atom is -0.493 e. The van der Waals surface area contributed by atoms with E-state index in [0.29, 0.717) is 46.2 Å². The number of aryl methyl sites for hydroxylation is 1. The number of hydrogen-bond acceptors (Lipinski definition) is 7. The number of methoxy groups -OCH3 is 1. The lowest BCUT2D eigenvalue weighted by Gasteiger charge is -2.13. The first-order valence-corrected chi connectivity index (χ1v) is 13.2. The molecule has 0 aliphatic carbocycles. The van der Waals surface area contributed by atoms with Gasteiger partial charge in [0.25, 0.3) is 5.91 Å². The Morgan fingerprint density at radius 2 is 1.80 bits per heavy atom. The van der Waals surface area contributed by atoms with Crippen LogP contribution in [0, 0.1) is 18.6 Å². The Bertz CT molecular complexity index is 1860. The number of nitrogens with zero attached hydrogens (tertiary/aromatic N) is 4. The van der Waals surface area contributed by atoms with Gasteiger partial charge in [-0.05, 0) is 67.9 Å². The van der Waals surface area contributed by atoms with E-state index in [-0.39, 0.29) is 24.3 Å². The molecule has 3 heterocycles. The van der Waals surface area contributed by atoms with Crippen LogP contribution in [0.5, 0.6) is 11.5 Å². The van der Waals surface area contributed by atoms with Crippen LogP contribution in [0.4, 0.5) is 27.8 Å². The van der Waals surface area contributed by atoms with Crippen molar-refractivity contribution in [2.24, 2.45) is 0 Å². The van der Waals surface area contributed by atoms with Gasteiger partial charge < -0.3 is 20.5 Å². The van der Waals surface area contributed by atoms with Crippen LogP contribution in [0.15, 0.2) is 60.8 Å². The van der Waals surface area contributed by atoms with E-state index in [4.69, 9.17) is 15.2 Å². The molecule has 0 radical (unpaired) electrons. The Labute approximate surface area is 247 Å². The van der Waals surface area contributed by atoms with Crippen LogP contribution >= 0.6 is 0 Å². The van der Waals surface area contributed by atoms with Gasteiger partial charge in [0.1, 0.15) is 5.82 Å². The maximum absolute atomic E-state index is 13.5. The van der Waals surface area contributed by atoms with Gasteiger partial charge in [0, 0.05) is 29.4 Å². The van der Waals surface area contributed by atoms with E-state index in [0.717, 1.165) is 18.2 Å². The van der Waals surface area contributed by atoms with Gasteiger partial charge in [0.05, 0.1) is 36.4 Å². The number of halogens is 5. The van der Waals surface area contributed by atoms with Gasteiger partial charge in [-0.1, -0.05) is 0 Å². The molecule has 3 aromatic heterocycles. The van der Waals surface area contributed by atoms with Gasteiger partial charge in [-0.15, -0.1) is 0 Å². The van der Waals surface area contributed by atoms with Crippen LogP contribution in [-0.2, 0) is 6.18 Å². The van der Waals surface area contributed by atoms with Crippen molar-refractivity contribution in [2.75, 3.05) is 26.0 Å². The maximum atomic E-state index is 13.5. The highest BCUT2D eigenvalue weighted by Crippen LogP contribution is 2.36. The first kappa shape index (κ1) is 30.2. The van der Waals surface area contributed by atoms with Crippen LogP contribution in [-0.4, -0.2) is 45.8 Å². The summed E-state index contributed by atoms with van der Waals surface area (Å²) < 4.78 is 79.7. The number of carbonyl (C=O) groups is 1. The van der Waals surface area contributed by atoms with Crippen LogP contribution in [0.3, 0.4) is 0 Å². The number of ether oxygens (including phenoxy) is 2. The smallest absolute Gasteiger partial charge is 0.419 e. The fourth-order valence-corrected chi connectivity index (χ4v) is 4.50. The summed E-state index contributed by atoms with van der Waals surface area (Å²) in [5, 5.41) is 7.25. The number of anilines is 1. The summed E-state index contributed by atoms with van der Waals surface area (Å²) in [6, 6.07) is 12.4. The lowest BCUT2D eigenvalue weighted by molar-refractivity contribution is -0.137. The largest absolute Gasteiger partial charge is 0.493 e. The van der Waals surface area contributed by atoms with E-state index in [1.807, 2.05) is 0 Å². The van der Waals surface area contributed by atoms with Crippen molar-refractivity contribution in [3.63, 3.8) is 0 Å². The molecule has 9 nitrogen and oxygen atoms in total. The number of alkyl halides is 3. The lowest BCUT2D eigenvalue weighted by atomic mass is 10.1. The monoisotopic (exact) mass is 612 g/mol. The van der Waals surface area contributed by atoms with E-state index < -0.39 is 35.1 Å². The molecule has 0 unspecified atom stereocenters. The quantitative estimate of drug-likeness (QED) is 0.158. The molecule has 5 rings (SSSR count). The number of rotatable bonds is 9. The van der Waals surface area contributed by atoms with E-state index in [9.17, 15) is 26.7 Å². The zero-order valence-electron chi connectivity index (χ0n) is 23.4. The van der Waals surface area contributed by atoms with Gasteiger partial charge in [0.2, 0.25) is 0 Å². The third-order valence-electron chi connectivity index (χ3n) is 6.65. The van der Waals surface area contributed by atoms with Gasteiger partial charge in [-0.2, -0.15) is 18.3 Å².